The zero-order valence-electron chi connectivity index (χ0n) is 15.0. The number of carbonyl (C=O) groups is 1. The number of aromatic nitrogens is 4. The largest absolute Gasteiger partial charge is 0.494 e. The van der Waals surface area contributed by atoms with E-state index < -0.39 is 4.92 Å². The standard InChI is InChI=1S/C17H16N6O4S/c1-11-9-12(23(25)26)7-8-13(11)18-16(24)10-28-17-19-20-21-22(17)14-5-3-4-6-15(14)27-2/h3-9H,10H2,1-2H3,(H,18,24). The Kier molecular flexibility index (Phi) is 5.84. The number of aryl methyl sites for hydroxylation is 1. The number of rotatable bonds is 7. The number of ether oxygens (including phenoxy) is 1. The summed E-state index contributed by atoms with van der Waals surface area (Å²) in [6, 6.07) is 11.5. The Hall–Kier alpha value is -3.47. The van der Waals surface area contributed by atoms with Crippen molar-refractivity contribution in [2.45, 2.75) is 12.1 Å². The number of anilines is 1. The van der Waals surface area contributed by atoms with Crippen molar-refractivity contribution in [2.24, 2.45) is 0 Å². The zero-order chi connectivity index (χ0) is 20.1. The Bertz CT molecular complexity index is 1020. The second-order valence-corrected chi connectivity index (χ2v) is 6.58. The van der Waals surface area contributed by atoms with E-state index in [1.54, 1.807) is 26.2 Å². The minimum atomic E-state index is -0.480. The predicted molar refractivity (Wildman–Crippen MR) is 103 cm³/mol. The molecular formula is C17H16N6O4S. The van der Waals surface area contributed by atoms with Gasteiger partial charge in [-0.05, 0) is 41.1 Å². The number of hydrogen-bond donors (Lipinski definition) is 1. The molecule has 10 nitrogen and oxygen atoms in total. The molecular weight excluding hydrogens is 384 g/mol. The van der Waals surface area contributed by atoms with E-state index in [4.69, 9.17) is 4.74 Å². The fourth-order valence-electron chi connectivity index (χ4n) is 2.44. The molecule has 144 valence electrons. The summed E-state index contributed by atoms with van der Waals surface area (Å²) in [4.78, 5) is 22.6. The highest BCUT2D eigenvalue weighted by molar-refractivity contribution is 7.99. The molecule has 0 bridgehead atoms. The maximum atomic E-state index is 12.3. The van der Waals surface area contributed by atoms with Gasteiger partial charge in [0.1, 0.15) is 11.4 Å². The molecule has 3 rings (SSSR count). The van der Waals surface area contributed by atoms with Crippen LogP contribution in [0.3, 0.4) is 0 Å². The van der Waals surface area contributed by atoms with Crippen molar-refractivity contribution in [3.8, 4) is 11.4 Å². The normalized spacial score (nSPS) is 10.5. The second-order valence-electron chi connectivity index (χ2n) is 5.64. The third-order valence-electron chi connectivity index (χ3n) is 3.78. The van der Waals surface area contributed by atoms with E-state index in [0.29, 0.717) is 27.8 Å². The van der Waals surface area contributed by atoms with Crippen molar-refractivity contribution in [1.82, 2.24) is 20.2 Å². The molecule has 0 aliphatic rings. The summed E-state index contributed by atoms with van der Waals surface area (Å²) in [5, 5.41) is 25.5. The molecule has 0 saturated carbocycles. The average Bonchev–Trinajstić information content (AvgIpc) is 3.16. The Morgan fingerprint density at radius 2 is 2.11 bits per heavy atom. The van der Waals surface area contributed by atoms with E-state index in [1.165, 1.54) is 22.9 Å². The lowest BCUT2D eigenvalue weighted by Gasteiger charge is -2.10. The van der Waals surface area contributed by atoms with E-state index in [9.17, 15) is 14.9 Å². The van der Waals surface area contributed by atoms with Crippen LogP contribution in [0.1, 0.15) is 5.56 Å². The summed E-state index contributed by atoms with van der Waals surface area (Å²) in [6.07, 6.45) is 0. The van der Waals surface area contributed by atoms with Gasteiger partial charge in [0.15, 0.2) is 0 Å². The number of thioether (sulfide) groups is 1. The van der Waals surface area contributed by atoms with Crippen molar-refractivity contribution in [3.05, 3.63) is 58.1 Å². The van der Waals surface area contributed by atoms with E-state index in [0.717, 1.165) is 11.8 Å². The zero-order valence-corrected chi connectivity index (χ0v) is 15.8. The Labute approximate surface area is 164 Å². The number of nitrogens with one attached hydrogen (secondary N) is 1. The van der Waals surface area contributed by atoms with Crippen LogP contribution in [0.4, 0.5) is 11.4 Å². The summed E-state index contributed by atoms with van der Waals surface area (Å²) >= 11 is 1.16. The Morgan fingerprint density at radius 1 is 1.32 bits per heavy atom. The molecule has 1 heterocycles. The van der Waals surface area contributed by atoms with Gasteiger partial charge in [-0.2, -0.15) is 4.68 Å². The molecule has 28 heavy (non-hydrogen) atoms. The average molecular weight is 400 g/mol. The maximum Gasteiger partial charge on any atom is 0.269 e. The second kappa shape index (κ2) is 8.48. The number of carbonyl (C=O) groups excluding carboxylic acids is 1. The van der Waals surface area contributed by atoms with Gasteiger partial charge in [-0.3, -0.25) is 14.9 Å². The monoisotopic (exact) mass is 400 g/mol. The van der Waals surface area contributed by atoms with E-state index in [1.807, 2.05) is 12.1 Å². The number of benzene rings is 2. The number of amides is 1. The fraction of sp³-hybridized carbons (Fsp3) is 0.176. The van der Waals surface area contributed by atoms with Crippen LogP contribution in [0.25, 0.3) is 5.69 Å². The molecule has 0 atom stereocenters. The molecule has 11 heteroatoms. The number of para-hydroxylation sites is 2. The van der Waals surface area contributed by atoms with Crippen LogP contribution in [0, 0.1) is 17.0 Å². The third kappa shape index (κ3) is 4.26. The van der Waals surface area contributed by atoms with Gasteiger partial charge in [0.25, 0.3) is 5.69 Å². The molecule has 0 aliphatic carbocycles. The van der Waals surface area contributed by atoms with Gasteiger partial charge in [0.2, 0.25) is 11.1 Å². The van der Waals surface area contributed by atoms with E-state index >= 15 is 0 Å². The summed E-state index contributed by atoms with van der Waals surface area (Å²) < 4.78 is 6.81. The lowest BCUT2D eigenvalue weighted by Crippen LogP contribution is -2.15. The minimum Gasteiger partial charge on any atom is -0.494 e. The summed E-state index contributed by atoms with van der Waals surface area (Å²) in [5.41, 5.74) is 1.75. The van der Waals surface area contributed by atoms with Crippen LogP contribution >= 0.6 is 11.8 Å². The lowest BCUT2D eigenvalue weighted by atomic mass is 10.2. The first-order chi connectivity index (χ1) is 13.5. The number of hydrogen-bond acceptors (Lipinski definition) is 8. The third-order valence-corrected chi connectivity index (χ3v) is 4.70. The Balaban J connectivity index is 1.68. The molecule has 0 saturated heterocycles. The SMILES string of the molecule is COc1ccccc1-n1nnnc1SCC(=O)Nc1ccc([N+](=O)[O-])cc1C. The summed E-state index contributed by atoms with van der Waals surface area (Å²) in [6.45, 7) is 1.69. The molecule has 0 unspecified atom stereocenters. The molecule has 2 aromatic carbocycles. The number of nitro benzene ring substituents is 1. The summed E-state index contributed by atoms with van der Waals surface area (Å²) in [5.74, 6) is 0.380. The fourth-order valence-corrected chi connectivity index (χ4v) is 3.13. The Morgan fingerprint density at radius 3 is 2.82 bits per heavy atom. The van der Waals surface area contributed by atoms with Crippen LogP contribution in [0.15, 0.2) is 47.6 Å². The van der Waals surface area contributed by atoms with Crippen molar-refractivity contribution in [1.29, 1.82) is 0 Å². The summed E-state index contributed by atoms with van der Waals surface area (Å²) in [7, 11) is 1.55. The molecule has 1 amide bonds. The van der Waals surface area contributed by atoms with Gasteiger partial charge in [0.05, 0.1) is 17.8 Å². The van der Waals surface area contributed by atoms with Gasteiger partial charge < -0.3 is 10.1 Å². The number of nitro groups is 1. The van der Waals surface area contributed by atoms with E-state index in [-0.39, 0.29) is 17.3 Å². The first-order valence-corrected chi connectivity index (χ1v) is 9.07. The van der Waals surface area contributed by atoms with Crippen molar-refractivity contribution >= 4 is 29.0 Å². The van der Waals surface area contributed by atoms with Crippen LogP contribution in [-0.4, -0.2) is 43.9 Å². The number of nitrogens with zero attached hydrogens (tertiary/aromatic N) is 5. The van der Waals surface area contributed by atoms with E-state index in [2.05, 4.69) is 20.8 Å². The highest BCUT2D eigenvalue weighted by atomic mass is 32.2. The highest BCUT2D eigenvalue weighted by Crippen LogP contribution is 2.26. The molecule has 0 spiro atoms. The number of non-ortho nitro benzene ring substituents is 1. The minimum absolute atomic E-state index is 0.0270. The van der Waals surface area contributed by atoms with Gasteiger partial charge >= 0.3 is 0 Å². The van der Waals surface area contributed by atoms with Crippen LogP contribution in [0.5, 0.6) is 5.75 Å². The maximum absolute atomic E-state index is 12.3. The van der Waals surface area contributed by atoms with Gasteiger partial charge in [0, 0.05) is 17.8 Å². The number of tetrazole rings is 1. The first-order valence-electron chi connectivity index (χ1n) is 8.09. The van der Waals surface area contributed by atoms with Gasteiger partial charge in [-0.15, -0.1) is 5.10 Å². The number of methoxy groups -OCH3 is 1. The molecule has 0 radical (unpaired) electrons. The van der Waals surface area contributed by atoms with Gasteiger partial charge in [-0.1, -0.05) is 23.9 Å². The quantitative estimate of drug-likeness (QED) is 0.364. The molecule has 0 fully saturated rings. The van der Waals surface area contributed by atoms with Crippen LogP contribution in [-0.2, 0) is 4.79 Å². The molecule has 0 aliphatic heterocycles. The van der Waals surface area contributed by atoms with Crippen molar-refractivity contribution in [3.63, 3.8) is 0 Å². The smallest absolute Gasteiger partial charge is 0.269 e. The lowest BCUT2D eigenvalue weighted by molar-refractivity contribution is -0.384. The predicted octanol–water partition coefficient (Wildman–Crippen LogP) is 2.62. The molecule has 3 aromatic rings. The van der Waals surface area contributed by atoms with Crippen molar-refractivity contribution < 1.29 is 14.5 Å². The molecule has 1 N–H and O–H groups in total. The van der Waals surface area contributed by atoms with Crippen molar-refractivity contribution in [2.75, 3.05) is 18.2 Å². The highest BCUT2D eigenvalue weighted by Gasteiger charge is 2.15. The van der Waals surface area contributed by atoms with Crippen LogP contribution in [0.2, 0.25) is 0 Å². The molecule has 1 aromatic heterocycles. The van der Waals surface area contributed by atoms with Gasteiger partial charge in [-0.25, -0.2) is 0 Å². The first kappa shape index (κ1) is 19.3. The topological polar surface area (TPSA) is 125 Å². The van der Waals surface area contributed by atoms with Crippen LogP contribution < -0.4 is 10.1 Å².